The average molecular weight is 531 g/mol. The van der Waals surface area contributed by atoms with Crippen molar-refractivity contribution in [1.29, 1.82) is 5.26 Å². The minimum absolute atomic E-state index is 0.0508. The molecule has 1 saturated heterocycles. The number of carbonyl (C=O) groups is 3. The maximum atomic E-state index is 13.7. The van der Waals surface area contributed by atoms with Crippen molar-refractivity contribution in [2.24, 2.45) is 22.7 Å². The number of nitrogens with one attached hydrogen (secondary N) is 2. The van der Waals surface area contributed by atoms with Crippen molar-refractivity contribution in [2.75, 3.05) is 6.54 Å². The summed E-state index contributed by atoms with van der Waals surface area (Å²) >= 11 is 0. The van der Waals surface area contributed by atoms with Crippen LogP contribution in [-0.2, 0) is 14.4 Å². The molecule has 2 N–H and O–H groups in total. The van der Waals surface area contributed by atoms with E-state index < -0.39 is 47.4 Å². The number of carbonyl (C=O) groups excluding carboxylic acids is 3. The van der Waals surface area contributed by atoms with E-state index in [1.165, 1.54) is 31.9 Å². The van der Waals surface area contributed by atoms with Crippen molar-refractivity contribution in [2.45, 2.75) is 58.9 Å². The molecule has 2 aromatic rings. The molecule has 2 heterocycles. The predicted molar refractivity (Wildman–Crippen MR) is 130 cm³/mol. The number of piperidine rings is 1. The van der Waals surface area contributed by atoms with Gasteiger partial charge in [-0.25, -0.2) is 0 Å². The molecule has 5 atom stereocenters. The Hall–Kier alpha value is -3.75. The van der Waals surface area contributed by atoms with Crippen LogP contribution in [0.3, 0.4) is 0 Å². The fourth-order valence-electron chi connectivity index (χ4n) is 5.51. The van der Waals surface area contributed by atoms with E-state index in [0.29, 0.717) is 16.5 Å². The topological polar surface area (TPSA) is 128 Å². The molecule has 3 amide bonds. The normalized spacial score (nSPS) is 23.7. The largest absolute Gasteiger partial charge is 0.471 e. The molecule has 0 radical (unpaired) electrons. The van der Waals surface area contributed by atoms with E-state index in [-0.39, 0.29) is 23.8 Å². The van der Waals surface area contributed by atoms with Crippen LogP contribution in [0.5, 0.6) is 0 Å². The van der Waals surface area contributed by atoms with Gasteiger partial charge in [0.25, 0.3) is 0 Å². The van der Waals surface area contributed by atoms with Crippen molar-refractivity contribution in [3.05, 3.63) is 36.0 Å². The molecule has 12 heteroatoms. The standard InChI is InChI=1S/C26H29F3N6O3/c1-24(2,3)20(33-23(38)26(27,28)29)22(37)35-12-15-18(25(15,4)5)19(35)21(36)32-17(10-30)14-11-31-34-16-9-7-6-8-13(14)16/h6-9,11,15,17-20H,12H2,1-5H3,(H,32,36)(H,33,38)/t15-,17?,18-,19-,20+/m0/s1. The number of halogens is 3. The molecular weight excluding hydrogens is 501 g/mol. The summed E-state index contributed by atoms with van der Waals surface area (Å²) in [6.45, 7) is 8.68. The Bertz CT molecular complexity index is 1320. The first-order valence-corrected chi connectivity index (χ1v) is 12.2. The summed E-state index contributed by atoms with van der Waals surface area (Å²) in [5, 5.41) is 23.0. The summed E-state index contributed by atoms with van der Waals surface area (Å²) in [7, 11) is 0. The highest BCUT2D eigenvalue weighted by Gasteiger charge is 2.70. The number of rotatable bonds is 5. The highest BCUT2D eigenvalue weighted by Crippen LogP contribution is 2.65. The lowest BCUT2D eigenvalue weighted by Crippen LogP contribution is -2.60. The van der Waals surface area contributed by atoms with E-state index in [1.54, 1.807) is 24.3 Å². The molecule has 2 aliphatic rings. The number of fused-ring (bicyclic) bond motifs is 2. The number of nitrogens with zero attached hydrogens (tertiary/aromatic N) is 4. The fraction of sp³-hybridized carbons (Fsp3) is 0.538. The fourth-order valence-corrected chi connectivity index (χ4v) is 5.51. The lowest BCUT2D eigenvalue weighted by molar-refractivity contribution is -0.176. The molecule has 0 bridgehead atoms. The first kappa shape index (κ1) is 27.3. The smallest absolute Gasteiger partial charge is 0.336 e. The second-order valence-corrected chi connectivity index (χ2v) is 11.5. The second kappa shape index (κ2) is 9.22. The van der Waals surface area contributed by atoms with E-state index in [2.05, 4.69) is 21.6 Å². The third kappa shape index (κ3) is 4.77. The molecular formula is C26H29F3N6O3. The number of alkyl halides is 3. The van der Waals surface area contributed by atoms with Crippen LogP contribution in [0, 0.1) is 34.0 Å². The summed E-state index contributed by atoms with van der Waals surface area (Å²) in [5.41, 5.74) is -0.385. The first-order valence-electron chi connectivity index (χ1n) is 12.2. The summed E-state index contributed by atoms with van der Waals surface area (Å²) < 4.78 is 39.1. The Morgan fingerprint density at radius 1 is 1.16 bits per heavy atom. The number of aromatic nitrogens is 2. The van der Waals surface area contributed by atoms with Crippen molar-refractivity contribution >= 4 is 28.6 Å². The van der Waals surface area contributed by atoms with E-state index in [4.69, 9.17) is 0 Å². The van der Waals surface area contributed by atoms with E-state index in [1.807, 2.05) is 19.2 Å². The Morgan fingerprint density at radius 3 is 2.42 bits per heavy atom. The van der Waals surface area contributed by atoms with Crippen molar-refractivity contribution in [3.8, 4) is 6.07 Å². The summed E-state index contributed by atoms with van der Waals surface area (Å²) in [4.78, 5) is 40.3. The zero-order valence-corrected chi connectivity index (χ0v) is 21.6. The Labute approximate surface area is 217 Å². The van der Waals surface area contributed by atoms with Gasteiger partial charge < -0.3 is 15.5 Å². The van der Waals surface area contributed by atoms with Gasteiger partial charge in [-0.1, -0.05) is 52.8 Å². The molecule has 2 fully saturated rings. The molecule has 4 rings (SSSR count). The van der Waals surface area contributed by atoms with Crippen LogP contribution in [0.25, 0.3) is 10.9 Å². The van der Waals surface area contributed by atoms with Crippen LogP contribution in [0.4, 0.5) is 13.2 Å². The maximum absolute atomic E-state index is 13.7. The second-order valence-electron chi connectivity index (χ2n) is 11.5. The summed E-state index contributed by atoms with van der Waals surface area (Å²) in [6, 6.07) is 5.41. The maximum Gasteiger partial charge on any atom is 0.471 e. The third-order valence-electron chi connectivity index (χ3n) is 7.71. The molecule has 1 aliphatic carbocycles. The van der Waals surface area contributed by atoms with Crippen LogP contribution in [0.15, 0.2) is 30.5 Å². The van der Waals surface area contributed by atoms with Gasteiger partial charge in [-0.2, -0.15) is 28.6 Å². The van der Waals surface area contributed by atoms with Crippen molar-refractivity contribution in [1.82, 2.24) is 25.7 Å². The first-order chi connectivity index (χ1) is 17.6. The molecule has 0 spiro atoms. The van der Waals surface area contributed by atoms with Crippen LogP contribution in [-0.4, -0.2) is 57.6 Å². The lowest BCUT2D eigenvalue weighted by atomic mass is 9.85. The van der Waals surface area contributed by atoms with Gasteiger partial charge in [0.15, 0.2) is 0 Å². The van der Waals surface area contributed by atoms with Crippen LogP contribution < -0.4 is 10.6 Å². The highest BCUT2D eigenvalue weighted by atomic mass is 19.4. The van der Waals surface area contributed by atoms with Crippen molar-refractivity contribution < 1.29 is 27.6 Å². The van der Waals surface area contributed by atoms with Crippen molar-refractivity contribution in [3.63, 3.8) is 0 Å². The van der Waals surface area contributed by atoms with Gasteiger partial charge in [-0.15, -0.1) is 0 Å². The van der Waals surface area contributed by atoms with Crippen LogP contribution in [0.2, 0.25) is 0 Å². The monoisotopic (exact) mass is 530 g/mol. The Morgan fingerprint density at radius 2 is 1.82 bits per heavy atom. The molecule has 1 saturated carbocycles. The van der Waals surface area contributed by atoms with Gasteiger partial charge in [0.05, 0.1) is 17.8 Å². The minimum Gasteiger partial charge on any atom is -0.336 e. The van der Waals surface area contributed by atoms with E-state index in [0.717, 1.165) is 0 Å². The number of hydrogen-bond acceptors (Lipinski definition) is 6. The van der Waals surface area contributed by atoms with Crippen LogP contribution >= 0.6 is 0 Å². The van der Waals surface area contributed by atoms with E-state index >= 15 is 0 Å². The molecule has 1 aromatic heterocycles. The quantitative estimate of drug-likeness (QED) is 0.612. The minimum atomic E-state index is -5.17. The van der Waals surface area contributed by atoms with E-state index in [9.17, 15) is 32.8 Å². The molecule has 1 unspecified atom stereocenters. The van der Waals surface area contributed by atoms with Gasteiger partial charge in [0, 0.05) is 17.5 Å². The number of benzene rings is 1. The average Bonchev–Trinajstić information content (AvgIpc) is 3.16. The van der Waals surface area contributed by atoms with Crippen LogP contribution in [0.1, 0.15) is 46.2 Å². The Kier molecular flexibility index (Phi) is 6.62. The zero-order chi connectivity index (χ0) is 28.2. The molecule has 202 valence electrons. The Balaban J connectivity index is 1.63. The number of hydrogen-bond donors (Lipinski definition) is 2. The number of likely N-dealkylation sites (tertiary alicyclic amines) is 1. The number of amides is 3. The van der Waals surface area contributed by atoms with Gasteiger partial charge in [0.1, 0.15) is 18.1 Å². The van der Waals surface area contributed by atoms with Gasteiger partial charge in [0.2, 0.25) is 11.8 Å². The van der Waals surface area contributed by atoms with Gasteiger partial charge in [-0.3, -0.25) is 14.4 Å². The summed E-state index contributed by atoms with van der Waals surface area (Å²) in [6.07, 6.45) is -3.78. The predicted octanol–water partition coefficient (Wildman–Crippen LogP) is 2.89. The zero-order valence-electron chi connectivity index (χ0n) is 21.6. The van der Waals surface area contributed by atoms with Gasteiger partial charge in [-0.05, 0) is 28.7 Å². The molecule has 38 heavy (non-hydrogen) atoms. The van der Waals surface area contributed by atoms with Gasteiger partial charge >= 0.3 is 12.1 Å². The summed E-state index contributed by atoms with van der Waals surface area (Å²) in [5.74, 6) is -3.90. The SMILES string of the molecule is CC(C)(C)[C@H](NC(=O)C(F)(F)F)C(=O)N1C[C@H]2[C@@H]([C@H]1C(=O)NC(C#N)c1cnnc3ccccc13)C2(C)C. The molecule has 1 aliphatic heterocycles. The highest BCUT2D eigenvalue weighted by molar-refractivity contribution is 5.95. The third-order valence-corrected chi connectivity index (χ3v) is 7.71. The molecule has 9 nitrogen and oxygen atoms in total. The molecule has 1 aromatic carbocycles. The number of nitriles is 1. The lowest BCUT2D eigenvalue weighted by Gasteiger charge is -2.37.